The molecule has 1 aromatic heterocycles. The second-order valence-corrected chi connectivity index (χ2v) is 8.97. The third-order valence-electron chi connectivity index (χ3n) is 5.58. The molecule has 2 saturated heterocycles. The quantitative estimate of drug-likeness (QED) is 0.766. The lowest BCUT2D eigenvalue weighted by molar-refractivity contribution is 0.00655. The van der Waals surface area contributed by atoms with Gasteiger partial charge < -0.3 is 23.8 Å². The first kappa shape index (κ1) is 21.7. The molecule has 0 radical (unpaired) electrons. The standard InChI is InChI=1S/C22H35N3O4/c1-5-28-18-8-6-12-24(16-18)20(26)19-9-7-13-25(19)17-10-14-23(15-11-17)21(27)29-22(2,3)4/h7,9,13,17-18H,5-6,8,10-12,14-16H2,1-4H3. The summed E-state index contributed by atoms with van der Waals surface area (Å²) in [7, 11) is 0. The number of ether oxygens (including phenoxy) is 2. The lowest BCUT2D eigenvalue weighted by Crippen LogP contribution is -2.45. The number of piperidine rings is 2. The Bertz CT molecular complexity index is 699. The zero-order valence-corrected chi connectivity index (χ0v) is 18.2. The van der Waals surface area contributed by atoms with Crippen LogP contribution in [0.5, 0.6) is 0 Å². The predicted molar refractivity (Wildman–Crippen MR) is 111 cm³/mol. The fraction of sp³-hybridized carbons (Fsp3) is 0.727. The molecule has 0 saturated carbocycles. The molecule has 7 nitrogen and oxygen atoms in total. The summed E-state index contributed by atoms with van der Waals surface area (Å²) in [6.07, 6.45) is 5.50. The van der Waals surface area contributed by atoms with E-state index in [-0.39, 0.29) is 24.1 Å². The minimum atomic E-state index is -0.484. The maximum absolute atomic E-state index is 13.2. The van der Waals surface area contributed by atoms with Crippen molar-refractivity contribution in [2.45, 2.75) is 71.1 Å². The van der Waals surface area contributed by atoms with Crippen molar-refractivity contribution in [2.24, 2.45) is 0 Å². The summed E-state index contributed by atoms with van der Waals surface area (Å²) in [6, 6.07) is 4.07. The first-order valence-corrected chi connectivity index (χ1v) is 10.8. The van der Waals surface area contributed by atoms with E-state index in [9.17, 15) is 9.59 Å². The molecular weight excluding hydrogens is 370 g/mol. The van der Waals surface area contributed by atoms with E-state index in [1.165, 1.54) is 0 Å². The van der Waals surface area contributed by atoms with Gasteiger partial charge >= 0.3 is 6.09 Å². The van der Waals surface area contributed by atoms with Crippen LogP contribution in [0, 0.1) is 0 Å². The van der Waals surface area contributed by atoms with Gasteiger partial charge in [0.1, 0.15) is 11.3 Å². The number of rotatable bonds is 4. The molecule has 3 rings (SSSR count). The van der Waals surface area contributed by atoms with Crippen LogP contribution in [0.4, 0.5) is 4.79 Å². The number of hydrogen-bond donors (Lipinski definition) is 0. The number of carbonyl (C=O) groups is 2. The smallest absolute Gasteiger partial charge is 0.410 e. The molecule has 162 valence electrons. The van der Waals surface area contributed by atoms with Gasteiger partial charge in [-0.3, -0.25) is 4.79 Å². The van der Waals surface area contributed by atoms with E-state index in [1.54, 1.807) is 4.90 Å². The van der Waals surface area contributed by atoms with Crippen LogP contribution in [-0.4, -0.2) is 70.9 Å². The lowest BCUT2D eigenvalue weighted by Gasteiger charge is -2.36. The van der Waals surface area contributed by atoms with Gasteiger partial charge in [-0.05, 0) is 65.5 Å². The van der Waals surface area contributed by atoms with Crippen LogP contribution in [0.25, 0.3) is 0 Å². The van der Waals surface area contributed by atoms with Crippen LogP contribution in [0.2, 0.25) is 0 Å². The van der Waals surface area contributed by atoms with Crippen LogP contribution in [-0.2, 0) is 9.47 Å². The summed E-state index contributed by atoms with van der Waals surface area (Å²) < 4.78 is 13.3. The Morgan fingerprint density at radius 3 is 2.48 bits per heavy atom. The van der Waals surface area contributed by atoms with E-state index in [0.29, 0.717) is 26.2 Å². The number of amides is 2. The molecule has 2 amide bonds. The zero-order chi connectivity index (χ0) is 21.0. The normalized spacial score (nSPS) is 21.3. The van der Waals surface area contributed by atoms with E-state index < -0.39 is 5.60 Å². The molecule has 0 spiro atoms. The number of carbonyl (C=O) groups excluding carboxylic acids is 2. The van der Waals surface area contributed by atoms with Crippen molar-refractivity contribution in [2.75, 3.05) is 32.8 Å². The Balaban J connectivity index is 1.61. The molecule has 0 bridgehead atoms. The Labute approximate surface area is 173 Å². The second-order valence-electron chi connectivity index (χ2n) is 8.97. The highest BCUT2D eigenvalue weighted by molar-refractivity contribution is 5.93. The Kier molecular flexibility index (Phi) is 6.88. The summed E-state index contributed by atoms with van der Waals surface area (Å²) in [5.74, 6) is 0.0778. The lowest BCUT2D eigenvalue weighted by atomic mass is 10.0. The monoisotopic (exact) mass is 405 g/mol. The molecule has 2 aliphatic heterocycles. The van der Waals surface area contributed by atoms with Crippen molar-refractivity contribution in [3.05, 3.63) is 24.0 Å². The second kappa shape index (κ2) is 9.20. The fourth-order valence-electron chi connectivity index (χ4n) is 4.20. The Hall–Kier alpha value is -2.02. The maximum Gasteiger partial charge on any atom is 0.410 e. The summed E-state index contributed by atoms with van der Waals surface area (Å²) in [5, 5.41) is 0. The van der Waals surface area contributed by atoms with Crippen LogP contribution in [0.3, 0.4) is 0 Å². The van der Waals surface area contributed by atoms with Gasteiger partial charge in [-0.15, -0.1) is 0 Å². The van der Waals surface area contributed by atoms with Crippen molar-refractivity contribution < 1.29 is 19.1 Å². The maximum atomic E-state index is 13.2. The molecule has 7 heteroatoms. The highest BCUT2D eigenvalue weighted by atomic mass is 16.6. The van der Waals surface area contributed by atoms with E-state index in [0.717, 1.165) is 37.9 Å². The van der Waals surface area contributed by atoms with Gasteiger partial charge in [0.15, 0.2) is 0 Å². The zero-order valence-electron chi connectivity index (χ0n) is 18.2. The van der Waals surface area contributed by atoms with Crippen LogP contribution in [0.1, 0.15) is 69.9 Å². The van der Waals surface area contributed by atoms with Gasteiger partial charge in [-0.25, -0.2) is 4.79 Å². The summed E-state index contributed by atoms with van der Waals surface area (Å²) >= 11 is 0. The van der Waals surface area contributed by atoms with Gasteiger partial charge in [0, 0.05) is 45.0 Å². The fourth-order valence-corrected chi connectivity index (χ4v) is 4.20. The third kappa shape index (κ3) is 5.53. The predicted octanol–water partition coefficient (Wildman–Crippen LogP) is 3.70. The molecule has 3 heterocycles. The topological polar surface area (TPSA) is 64.0 Å². The summed E-state index contributed by atoms with van der Waals surface area (Å²) in [5.41, 5.74) is 0.250. The molecule has 2 aliphatic rings. The van der Waals surface area contributed by atoms with Gasteiger partial charge in [0.25, 0.3) is 5.91 Å². The molecule has 0 aliphatic carbocycles. The number of aromatic nitrogens is 1. The molecule has 2 fully saturated rings. The van der Waals surface area contributed by atoms with E-state index in [1.807, 2.05) is 50.9 Å². The first-order chi connectivity index (χ1) is 13.8. The van der Waals surface area contributed by atoms with E-state index in [4.69, 9.17) is 9.47 Å². The largest absolute Gasteiger partial charge is 0.444 e. The van der Waals surface area contributed by atoms with Crippen LogP contribution >= 0.6 is 0 Å². The van der Waals surface area contributed by atoms with E-state index in [2.05, 4.69) is 4.57 Å². The molecule has 1 unspecified atom stereocenters. The van der Waals surface area contributed by atoms with Crippen molar-refractivity contribution in [1.29, 1.82) is 0 Å². The molecular formula is C22H35N3O4. The average molecular weight is 406 g/mol. The van der Waals surface area contributed by atoms with Gasteiger partial charge in [-0.2, -0.15) is 0 Å². The Morgan fingerprint density at radius 1 is 1.10 bits per heavy atom. The van der Waals surface area contributed by atoms with Crippen LogP contribution in [0.15, 0.2) is 18.3 Å². The van der Waals surface area contributed by atoms with Gasteiger partial charge in [-0.1, -0.05) is 0 Å². The highest BCUT2D eigenvalue weighted by Crippen LogP contribution is 2.27. The summed E-state index contributed by atoms with van der Waals surface area (Å²) in [4.78, 5) is 29.2. The number of likely N-dealkylation sites (tertiary alicyclic amines) is 2. The molecule has 29 heavy (non-hydrogen) atoms. The molecule has 0 N–H and O–H groups in total. The molecule has 1 aromatic rings. The van der Waals surface area contributed by atoms with Crippen molar-refractivity contribution in [3.63, 3.8) is 0 Å². The minimum Gasteiger partial charge on any atom is -0.444 e. The highest BCUT2D eigenvalue weighted by Gasteiger charge is 2.31. The van der Waals surface area contributed by atoms with Gasteiger partial charge in [0.2, 0.25) is 0 Å². The minimum absolute atomic E-state index is 0.0778. The SMILES string of the molecule is CCOC1CCCN(C(=O)c2cccn2C2CCN(C(=O)OC(C)(C)C)CC2)C1. The van der Waals surface area contributed by atoms with Crippen molar-refractivity contribution in [1.82, 2.24) is 14.4 Å². The average Bonchev–Trinajstić information content (AvgIpc) is 3.16. The summed E-state index contributed by atoms with van der Waals surface area (Å²) in [6.45, 7) is 11.0. The number of hydrogen-bond acceptors (Lipinski definition) is 4. The molecule has 0 aromatic carbocycles. The van der Waals surface area contributed by atoms with Crippen molar-refractivity contribution >= 4 is 12.0 Å². The van der Waals surface area contributed by atoms with Gasteiger partial charge in [0.05, 0.1) is 6.10 Å². The molecule has 1 atom stereocenters. The first-order valence-electron chi connectivity index (χ1n) is 10.8. The third-order valence-corrected chi connectivity index (χ3v) is 5.58. The van der Waals surface area contributed by atoms with Crippen LogP contribution < -0.4 is 0 Å². The Morgan fingerprint density at radius 2 is 1.83 bits per heavy atom. The van der Waals surface area contributed by atoms with Crippen molar-refractivity contribution in [3.8, 4) is 0 Å². The number of nitrogens with zero attached hydrogens (tertiary/aromatic N) is 3. The van der Waals surface area contributed by atoms with E-state index >= 15 is 0 Å².